The molecular formula is C39H61ClN6O9. The average molecular weight is 793 g/mol. The zero-order valence-corrected chi connectivity index (χ0v) is 34.4. The van der Waals surface area contributed by atoms with Gasteiger partial charge >= 0.3 is 5.97 Å². The van der Waals surface area contributed by atoms with Gasteiger partial charge < -0.3 is 40.3 Å². The Morgan fingerprint density at radius 1 is 0.982 bits per heavy atom. The maximum atomic E-state index is 14.4. The first-order valence-corrected chi connectivity index (χ1v) is 19.7. The molecule has 0 bridgehead atoms. The SMILES string of the molecule is CC[C@H](C)[C@H]1NC(=O)[C@@H](NCl)[C@@H](C)OC(=O)[C@H](Cc2ccc(OC)cc2)N(C)C(=O)[C@@H]2CCCN2C(=O)[C@H](CC(C)C)NC(=O)[C@H](C(C)C)NC(=O)C[C@@H]1O. The number of nitrogens with zero attached hydrogens (tertiary/aromatic N) is 2. The van der Waals surface area contributed by atoms with E-state index < -0.39 is 96.3 Å². The Balaban J connectivity index is 2.12. The van der Waals surface area contributed by atoms with E-state index in [4.69, 9.17) is 21.3 Å². The van der Waals surface area contributed by atoms with Gasteiger partial charge in [-0.15, -0.1) is 0 Å². The van der Waals surface area contributed by atoms with E-state index in [1.54, 1.807) is 45.0 Å². The Bertz CT molecular complexity index is 1490. The average Bonchev–Trinajstić information content (AvgIpc) is 3.63. The number of fused-ring (bicyclic) bond motifs is 1. The molecule has 0 spiro atoms. The maximum absolute atomic E-state index is 14.4. The van der Waals surface area contributed by atoms with Gasteiger partial charge in [0.25, 0.3) is 0 Å². The molecule has 2 saturated heterocycles. The van der Waals surface area contributed by atoms with Crippen molar-refractivity contribution in [2.45, 2.75) is 135 Å². The lowest BCUT2D eigenvalue weighted by Gasteiger charge is -2.35. The molecule has 308 valence electrons. The van der Waals surface area contributed by atoms with Crippen LogP contribution in [-0.4, -0.2) is 120 Å². The third-order valence-electron chi connectivity index (χ3n) is 10.6. The van der Waals surface area contributed by atoms with Crippen molar-refractivity contribution in [2.75, 3.05) is 20.7 Å². The van der Waals surface area contributed by atoms with Gasteiger partial charge in [-0.2, -0.15) is 0 Å². The van der Waals surface area contributed by atoms with Crippen molar-refractivity contribution in [3.05, 3.63) is 29.8 Å². The highest BCUT2D eigenvalue weighted by Crippen LogP contribution is 2.25. The first-order valence-electron chi connectivity index (χ1n) is 19.3. The van der Waals surface area contributed by atoms with Crippen LogP contribution >= 0.6 is 11.8 Å². The number of likely N-dealkylation sites (N-methyl/N-ethyl adjacent to an activating group) is 1. The molecule has 3 rings (SSSR count). The van der Waals surface area contributed by atoms with Gasteiger partial charge in [0.2, 0.25) is 29.5 Å². The second-order valence-electron chi connectivity index (χ2n) is 15.6. The number of halogens is 1. The molecule has 0 radical (unpaired) electrons. The van der Waals surface area contributed by atoms with E-state index in [0.29, 0.717) is 30.6 Å². The number of carbonyl (C=O) groups is 6. The van der Waals surface area contributed by atoms with Gasteiger partial charge in [0.1, 0.15) is 42.1 Å². The van der Waals surface area contributed by atoms with Crippen molar-refractivity contribution >= 4 is 47.3 Å². The predicted molar refractivity (Wildman–Crippen MR) is 206 cm³/mol. The molecule has 2 heterocycles. The molecule has 2 aliphatic rings. The van der Waals surface area contributed by atoms with E-state index in [0.717, 1.165) is 0 Å². The number of rotatable bonds is 9. The molecule has 15 nitrogen and oxygen atoms in total. The van der Waals surface area contributed by atoms with Gasteiger partial charge in [0, 0.05) is 20.0 Å². The largest absolute Gasteiger partial charge is 0.497 e. The molecule has 9 atom stereocenters. The standard InChI is InChI=1S/C39H61ClN6O9/c1-10-23(6)33-30(47)20-31(48)42-32(22(4)5)35(49)41-27(18-21(2)3)37(51)46-17-11-12-28(46)38(52)45(8)29(19-25-13-15-26(54-9)16-14-25)39(53)55-24(7)34(44-40)36(50)43-33/h13-16,21-24,27-30,32-34,44,47H,10-12,17-20H2,1-9H3,(H,41,49)(H,42,48)(H,43,50)/t23-,24+,27-,28-,29-,30-,32-,33+,34-/m0/s1. The molecule has 5 N–H and O–H groups in total. The molecule has 2 aliphatic heterocycles. The van der Waals surface area contributed by atoms with Crippen molar-refractivity contribution in [1.82, 2.24) is 30.6 Å². The number of carbonyl (C=O) groups excluding carboxylic acids is 6. The van der Waals surface area contributed by atoms with Crippen molar-refractivity contribution < 1.29 is 43.3 Å². The van der Waals surface area contributed by atoms with Gasteiger partial charge in [0.05, 0.1) is 25.7 Å². The van der Waals surface area contributed by atoms with E-state index in [1.807, 2.05) is 20.8 Å². The van der Waals surface area contributed by atoms with Gasteiger partial charge in [0.15, 0.2) is 0 Å². The molecule has 0 aromatic heterocycles. The van der Waals surface area contributed by atoms with Gasteiger partial charge in [-0.1, -0.05) is 60.1 Å². The molecule has 16 heteroatoms. The summed E-state index contributed by atoms with van der Waals surface area (Å²) in [7, 11) is 3.01. The van der Waals surface area contributed by atoms with Gasteiger partial charge in [-0.25, -0.2) is 9.63 Å². The third kappa shape index (κ3) is 12.0. The lowest BCUT2D eigenvalue weighted by Crippen LogP contribution is -2.59. The van der Waals surface area contributed by atoms with E-state index in [-0.39, 0.29) is 31.2 Å². The topological polar surface area (TPSA) is 196 Å². The summed E-state index contributed by atoms with van der Waals surface area (Å²) >= 11 is 6.07. The summed E-state index contributed by atoms with van der Waals surface area (Å²) in [5.41, 5.74) is 0.692. The predicted octanol–water partition coefficient (Wildman–Crippen LogP) is 2.07. The maximum Gasteiger partial charge on any atom is 0.329 e. The molecule has 0 aliphatic carbocycles. The Labute approximate surface area is 330 Å². The number of hydrogen-bond donors (Lipinski definition) is 5. The van der Waals surface area contributed by atoms with Crippen LogP contribution in [0.25, 0.3) is 0 Å². The Kier molecular flexibility index (Phi) is 17.2. The number of amides is 5. The molecular weight excluding hydrogens is 732 g/mol. The van der Waals surface area contributed by atoms with Crippen LogP contribution in [-0.2, 0) is 39.9 Å². The zero-order valence-electron chi connectivity index (χ0n) is 33.6. The van der Waals surface area contributed by atoms with E-state index in [9.17, 15) is 33.9 Å². The third-order valence-corrected chi connectivity index (χ3v) is 10.9. The van der Waals surface area contributed by atoms with Crippen LogP contribution in [0.2, 0.25) is 0 Å². The smallest absolute Gasteiger partial charge is 0.329 e. The van der Waals surface area contributed by atoms with Crippen LogP contribution in [0.4, 0.5) is 0 Å². The minimum Gasteiger partial charge on any atom is -0.497 e. The number of esters is 1. The van der Waals surface area contributed by atoms with Crippen LogP contribution in [0, 0.1) is 17.8 Å². The fourth-order valence-electron chi connectivity index (χ4n) is 7.08. The first kappa shape index (κ1) is 45.4. The van der Waals surface area contributed by atoms with E-state index in [2.05, 4.69) is 20.8 Å². The highest BCUT2D eigenvalue weighted by Gasteiger charge is 2.43. The lowest BCUT2D eigenvalue weighted by atomic mass is 9.91. The van der Waals surface area contributed by atoms with Gasteiger partial charge in [-0.05, 0) is 73.4 Å². The second-order valence-corrected chi connectivity index (χ2v) is 15.8. The highest BCUT2D eigenvalue weighted by atomic mass is 35.5. The number of cyclic esters (lactones) is 1. The minimum atomic E-state index is -1.37. The van der Waals surface area contributed by atoms with Gasteiger partial charge in [-0.3, -0.25) is 24.0 Å². The number of aliphatic hydroxyl groups is 1. The first-order chi connectivity index (χ1) is 25.9. The summed E-state index contributed by atoms with van der Waals surface area (Å²) in [4.78, 5) is 88.8. The van der Waals surface area contributed by atoms with Crippen LogP contribution in [0.3, 0.4) is 0 Å². The zero-order chi connectivity index (χ0) is 41.1. The molecule has 55 heavy (non-hydrogen) atoms. The molecule has 0 saturated carbocycles. The second kappa shape index (κ2) is 20.8. The van der Waals surface area contributed by atoms with Crippen LogP contribution in [0.1, 0.15) is 86.1 Å². The monoisotopic (exact) mass is 792 g/mol. The van der Waals surface area contributed by atoms with Crippen molar-refractivity contribution in [3.63, 3.8) is 0 Å². The number of nitrogens with one attached hydrogen (secondary N) is 4. The number of aliphatic hydroxyl groups excluding tert-OH is 1. The molecule has 5 amide bonds. The molecule has 0 unspecified atom stereocenters. The Hall–Kier alpha value is -3.95. The minimum absolute atomic E-state index is 0.0185. The highest BCUT2D eigenvalue weighted by molar-refractivity contribution is 6.15. The fourth-order valence-corrected chi connectivity index (χ4v) is 7.36. The van der Waals surface area contributed by atoms with Crippen LogP contribution in [0.15, 0.2) is 24.3 Å². The summed E-state index contributed by atoms with van der Waals surface area (Å²) in [6, 6.07) is 0.592. The van der Waals surface area contributed by atoms with E-state index >= 15 is 0 Å². The fraction of sp³-hybridized carbons (Fsp3) is 0.692. The summed E-state index contributed by atoms with van der Waals surface area (Å²) in [6.45, 7) is 12.7. The number of methoxy groups -OCH3 is 1. The molecule has 1 aromatic carbocycles. The summed E-state index contributed by atoms with van der Waals surface area (Å²) in [5.74, 6) is -3.78. The number of ether oxygens (including phenoxy) is 2. The summed E-state index contributed by atoms with van der Waals surface area (Å²) < 4.78 is 11.1. The quantitative estimate of drug-likeness (QED) is 0.183. The van der Waals surface area contributed by atoms with Crippen LogP contribution < -0.4 is 25.5 Å². The van der Waals surface area contributed by atoms with Crippen molar-refractivity contribution in [2.24, 2.45) is 17.8 Å². The Morgan fingerprint density at radius 3 is 2.20 bits per heavy atom. The number of benzene rings is 1. The lowest BCUT2D eigenvalue weighted by molar-refractivity contribution is -0.161. The van der Waals surface area contributed by atoms with E-state index in [1.165, 1.54) is 30.9 Å². The summed E-state index contributed by atoms with van der Waals surface area (Å²) in [5, 5.41) is 19.7. The van der Waals surface area contributed by atoms with Crippen LogP contribution in [0.5, 0.6) is 5.75 Å². The molecule has 1 aromatic rings. The summed E-state index contributed by atoms with van der Waals surface area (Å²) in [6.07, 6.45) is -1.28. The normalized spacial score (nSPS) is 28.9. The Morgan fingerprint density at radius 2 is 1.64 bits per heavy atom. The van der Waals surface area contributed by atoms with Crippen molar-refractivity contribution in [3.8, 4) is 5.75 Å². The van der Waals surface area contributed by atoms with Crippen molar-refractivity contribution in [1.29, 1.82) is 0 Å². The number of hydrogen-bond acceptors (Lipinski definition) is 10. The molecule has 2 fully saturated rings.